The van der Waals surface area contributed by atoms with Crippen LogP contribution < -0.4 is 20.2 Å². The Morgan fingerprint density at radius 2 is 1.76 bits per heavy atom. The van der Waals surface area contributed by atoms with Gasteiger partial charge in [-0.25, -0.2) is 5.43 Å². The van der Waals surface area contributed by atoms with E-state index >= 15 is 0 Å². The van der Waals surface area contributed by atoms with Crippen LogP contribution in [0.2, 0.25) is 5.02 Å². The molecular formula is C24H25ClN4O4. The van der Waals surface area contributed by atoms with Crippen LogP contribution >= 0.6 is 11.6 Å². The van der Waals surface area contributed by atoms with Gasteiger partial charge in [0, 0.05) is 33.7 Å². The number of benzene rings is 2. The molecule has 2 N–H and O–H groups in total. The predicted molar refractivity (Wildman–Crippen MR) is 129 cm³/mol. The van der Waals surface area contributed by atoms with E-state index in [1.54, 1.807) is 18.2 Å². The van der Waals surface area contributed by atoms with Crippen LogP contribution in [0.25, 0.3) is 5.69 Å². The Morgan fingerprint density at radius 3 is 2.42 bits per heavy atom. The van der Waals surface area contributed by atoms with E-state index in [2.05, 4.69) is 15.8 Å². The minimum absolute atomic E-state index is 0.307. The molecule has 9 heteroatoms. The molecule has 0 aliphatic heterocycles. The van der Waals surface area contributed by atoms with Crippen molar-refractivity contribution in [2.75, 3.05) is 19.5 Å². The van der Waals surface area contributed by atoms with E-state index in [1.807, 2.05) is 49.6 Å². The standard InChI is InChI=1S/C24H25ClN4O4/c1-14-6-7-18(11-20(14)25)29-15(2)10-17(16(29)3)13-26-28-24(31)23(30)27-21-12-19(32-4)8-9-22(21)33-5/h6-13H,1-5H3,(H,27,30)(H,28,31)/b26-13-. The first-order chi connectivity index (χ1) is 15.7. The molecule has 0 saturated heterocycles. The molecule has 0 saturated carbocycles. The van der Waals surface area contributed by atoms with Crippen molar-refractivity contribution in [3.63, 3.8) is 0 Å². The van der Waals surface area contributed by atoms with E-state index < -0.39 is 11.8 Å². The van der Waals surface area contributed by atoms with Crippen LogP contribution in [0.1, 0.15) is 22.5 Å². The lowest BCUT2D eigenvalue weighted by Crippen LogP contribution is -2.32. The topological polar surface area (TPSA) is 93.9 Å². The molecule has 1 heterocycles. The molecule has 0 fully saturated rings. The van der Waals surface area contributed by atoms with Gasteiger partial charge in [0.25, 0.3) is 0 Å². The summed E-state index contributed by atoms with van der Waals surface area (Å²) in [7, 11) is 2.96. The van der Waals surface area contributed by atoms with Gasteiger partial charge in [-0.1, -0.05) is 17.7 Å². The first-order valence-corrected chi connectivity index (χ1v) is 10.4. The lowest BCUT2D eigenvalue weighted by Gasteiger charge is -2.11. The lowest BCUT2D eigenvalue weighted by atomic mass is 10.2. The van der Waals surface area contributed by atoms with Crippen LogP contribution in [0, 0.1) is 20.8 Å². The molecule has 33 heavy (non-hydrogen) atoms. The quantitative estimate of drug-likeness (QED) is 0.322. The van der Waals surface area contributed by atoms with Gasteiger partial charge in [-0.05, 0) is 56.7 Å². The molecular weight excluding hydrogens is 444 g/mol. The molecule has 0 aliphatic carbocycles. The first-order valence-electron chi connectivity index (χ1n) is 10.1. The van der Waals surface area contributed by atoms with Crippen molar-refractivity contribution in [1.82, 2.24) is 9.99 Å². The average Bonchev–Trinajstić information content (AvgIpc) is 3.08. The van der Waals surface area contributed by atoms with Gasteiger partial charge in [-0.15, -0.1) is 0 Å². The summed E-state index contributed by atoms with van der Waals surface area (Å²) in [5.74, 6) is -0.910. The molecule has 3 aromatic rings. The van der Waals surface area contributed by atoms with Crippen molar-refractivity contribution in [1.29, 1.82) is 0 Å². The molecule has 2 aromatic carbocycles. The third-order valence-corrected chi connectivity index (χ3v) is 5.52. The second-order valence-corrected chi connectivity index (χ2v) is 7.72. The van der Waals surface area contributed by atoms with Crippen LogP contribution in [-0.2, 0) is 9.59 Å². The highest BCUT2D eigenvalue weighted by molar-refractivity contribution is 6.39. The smallest absolute Gasteiger partial charge is 0.329 e. The van der Waals surface area contributed by atoms with E-state index in [4.69, 9.17) is 21.1 Å². The summed E-state index contributed by atoms with van der Waals surface area (Å²) >= 11 is 6.28. The monoisotopic (exact) mass is 468 g/mol. The normalized spacial score (nSPS) is 10.8. The zero-order valence-electron chi connectivity index (χ0n) is 19.0. The zero-order valence-corrected chi connectivity index (χ0v) is 19.8. The highest BCUT2D eigenvalue weighted by atomic mass is 35.5. The van der Waals surface area contributed by atoms with Gasteiger partial charge in [0.05, 0.1) is 26.1 Å². The van der Waals surface area contributed by atoms with Crippen molar-refractivity contribution < 1.29 is 19.1 Å². The first kappa shape index (κ1) is 23.9. The molecule has 1 aromatic heterocycles. The summed E-state index contributed by atoms with van der Waals surface area (Å²) in [5.41, 5.74) is 7.16. The van der Waals surface area contributed by atoms with E-state index in [0.717, 1.165) is 28.2 Å². The van der Waals surface area contributed by atoms with Crippen LogP contribution in [0.4, 0.5) is 5.69 Å². The van der Waals surface area contributed by atoms with Crippen molar-refractivity contribution >= 4 is 35.3 Å². The number of anilines is 1. The van der Waals surface area contributed by atoms with Gasteiger partial charge in [0.15, 0.2) is 0 Å². The Kier molecular flexibility index (Phi) is 7.40. The fourth-order valence-corrected chi connectivity index (χ4v) is 3.51. The Labute approximate surface area is 197 Å². The van der Waals surface area contributed by atoms with E-state index in [9.17, 15) is 9.59 Å². The number of rotatable bonds is 6. The Bertz CT molecular complexity index is 1230. The highest BCUT2D eigenvalue weighted by Gasteiger charge is 2.16. The Hall–Kier alpha value is -3.78. The summed E-state index contributed by atoms with van der Waals surface area (Å²) in [6.07, 6.45) is 1.49. The van der Waals surface area contributed by atoms with Crippen LogP contribution in [-0.4, -0.2) is 36.8 Å². The number of amides is 2. The van der Waals surface area contributed by atoms with Crippen LogP contribution in [0.15, 0.2) is 47.6 Å². The number of methoxy groups -OCH3 is 2. The van der Waals surface area contributed by atoms with Crippen LogP contribution in [0.3, 0.4) is 0 Å². The molecule has 3 rings (SSSR count). The number of hydrogen-bond donors (Lipinski definition) is 2. The molecule has 0 aliphatic rings. The number of carbonyl (C=O) groups excluding carboxylic acids is 2. The second kappa shape index (κ2) is 10.2. The maximum Gasteiger partial charge on any atom is 0.329 e. The lowest BCUT2D eigenvalue weighted by molar-refractivity contribution is -0.136. The summed E-state index contributed by atoms with van der Waals surface area (Å²) in [4.78, 5) is 24.5. The third kappa shape index (κ3) is 5.35. The van der Waals surface area contributed by atoms with Crippen molar-refractivity contribution in [3.05, 3.63) is 70.0 Å². The molecule has 0 atom stereocenters. The highest BCUT2D eigenvalue weighted by Crippen LogP contribution is 2.29. The fourth-order valence-electron chi connectivity index (χ4n) is 3.34. The number of aryl methyl sites for hydroxylation is 2. The summed E-state index contributed by atoms with van der Waals surface area (Å²) < 4.78 is 12.4. The van der Waals surface area contributed by atoms with E-state index in [1.165, 1.54) is 20.4 Å². The maximum absolute atomic E-state index is 12.3. The molecule has 0 spiro atoms. The summed E-state index contributed by atoms with van der Waals surface area (Å²) in [6, 6.07) is 12.6. The van der Waals surface area contributed by atoms with Gasteiger partial charge in [-0.2, -0.15) is 5.10 Å². The molecule has 0 radical (unpaired) electrons. The maximum atomic E-state index is 12.3. The van der Waals surface area contributed by atoms with Gasteiger partial charge in [0.1, 0.15) is 11.5 Å². The van der Waals surface area contributed by atoms with E-state index in [0.29, 0.717) is 22.2 Å². The molecule has 2 amide bonds. The van der Waals surface area contributed by atoms with Crippen molar-refractivity contribution in [3.8, 4) is 17.2 Å². The van der Waals surface area contributed by atoms with Crippen molar-refractivity contribution in [2.45, 2.75) is 20.8 Å². The molecule has 0 unspecified atom stereocenters. The number of nitrogens with one attached hydrogen (secondary N) is 2. The minimum atomic E-state index is -0.921. The van der Waals surface area contributed by atoms with Crippen molar-refractivity contribution in [2.24, 2.45) is 5.10 Å². The number of halogens is 1. The Balaban J connectivity index is 1.71. The van der Waals surface area contributed by atoms with E-state index in [-0.39, 0.29) is 0 Å². The van der Waals surface area contributed by atoms with Gasteiger partial charge < -0.3 is 19.4 Å². The zero-order chi connectivity index (χ0) is 24.1. The summed E-state index contributed by atoms with van der Waals surface area (Å²) in [6.45, 7) is 5.85. The average molecular weight is 469 g/mol. The SMILES string of the molecule is COc1ccc(OC)c(NC(=O)C(=O)N/N=C\c2cc(C)n(-c3ccc(C)c(Cl)c3)c2C)c1. The molecule has 8 nitrogen and oxygen atoms in total. The molecule has 0 bridgehead atoms. The number of hydrogen-bond acceptors (Lipinski definition) is 5. The second-order valence-electron chi connectivity index (χ2n) is 7.31. The number of ether oxygens (including phenoxy) is 2. The number of nitrogens with zero attached hydrogens (tertiary/aromatic N) is 2. The van der Waals surface area contributed by atoms with Crippen LogP contribution in [0.5, 0.6) is 11.5 Å². The predicted octanol–water partition coefficient (Wildman–Crippen LogP) is 4.16. The number of hydrazone groups is 1. The largest absolute Gasteiger partial charge is 0.497 e. The van der Waals surface area contributed by atoms with Gasteiger partial charge in [0.2, 0.25) is 0 Å². The van der Waals surface area contributed by atoms with Gasteiger partial charge in [-0.3, -0.25) is 9.59 Å². The van der Waals surface area contributed by atoms with Gasteiger partial charge >= 0.3 is 11.8 Å². The Morgan fingerprint density at radius 1 is 1.00 bits per heavy atom. The summed E-state index contributed by atoms with van der Waals surface area (Å²) in [5, 5.41) is 7.12. The minimum Gasteiger partial charge on any atom is -0.497 e. The number of carbonyl (C=O) groups is 2. The fraction of sp³-hybridized carbons (Fsp3) is 0.208. The molecule has 172 valence electrons. The third-order valence-electron chi connectivity index (χ3n) is 5.11. The number of aromatic nitrogens is 1.